The Kier molecular flexibility index (Phi) is 4.84. The van der Waals surface area contributed by atoms with Crippen molar-refractivity contribution >= 4 is 29.2 Å². The average molecular weight is 310 g/mol. The summed E-state index contributed by atoms with van der Waals surface area (Å²) in [7, 11) is 1.98. The number of aromatic nitrogens is 2. The van der Waals surface area contributed by atoms with Gasteiger partial charge in [0, 0.05) is 29.5 Å². The van der Waals surface area contributed by atoms with Gasteiger partial charge in [-0.05, 0) is 31.5 Å². The molecule has 0 bridgehead atoms. The van der Waals surface area contributed by atoms with Crippen LogP contribution < -0.4 is 4.90 Å². The molecule has 1 aromatic carbocycles. The summed E-state index contributed by atoms with van der Waals surface area (Å²) in [5.74, 6) is 1.13. The average Bonchev–Trinajstić information content (AvgIpc) is 2.46. The number of nitrogens with zero attached hydrogens (tertiary/aromatic N) is 3. The third-order valence-electron chi connectivity index (χ3n) is 3.46. The molecule has 2 rings (SSSR count). The summed E-state index contributed by atoms with van der Waals surface area (Å²) in [6.45, 7) is 4.06. The maximum absolute atomic E-state index is 5.92. The van der Waals surface area contributed by atoms with Gasteiger partial charge in [-0.1, -0.05) is 23.7 Å². The summed E-state index contributed by atoms with van der Waals surface area (Å²) in [5.41, 5.74) is 3.04. The van der Waals surface area contributed by atoms with Crippen LogP contribution in [0.15, 0.2) is 30.5 Å². The van der Waals surface area contributed by atoms with Crippen LogP contribution in [0.5, 0.6) is 0 Å². The lowest BCUT2D eigenvalue weighted by molar-refractivity contribution is 0.712. The van der Waals surface area contributed by atoms with Crippen LogP contribution in [0.3, 0.4) is 0 Å². The number of benzene rings is 1. The van der Waals surface area contributed by atoms with Crippen molar-refractivity contribution in [1.82, 2.24) is 9.97 Å². The Hall–Kier alpha value is -1.32. The molecule has 0 saturated carbocycles. The lowest BCUT2D eigenvalue weighted by atomic mass is 10.1. The third kappa shape index (κ3) is 3.22. The molecule has 0 aliphatic heterocycles. The maximum Gasteiger partial charge on any atom is 0.225 e. The Labute approximate surface area is 129 Å². The van der Waals surface area contributed by atoms with Crippen LogP contribution in [0.4, 0.5) is 5.95 Å². The van der Waals surface area contributed by atoms with Gasteiger partial charge in [0.25, 0.3) is 0 Å². The highest BCUT2D eigenvalue weighted by molar-refractivity contribution is 6.30. The molecule has 3 nitrogen and oxygen atoms in total. The normalized spacial score (nSPS) is 12.2. The molecule has 1 atom stereocenters. The standard InChI is InChI=1S/C15H17Cl2N3/c1-10-13(8-16)9-18-15(19-10)20(3)11(2)12-4-6-14(17)7-5-12/h4-7,9,11H,8H2,1-3H3. The topological polar surface area (TPSA) is 29.0 Å². The largest absolute Gasteiger partial charge is 0.337 e. The van der Waals surface area contributed by atoms with E-state index in [2.05, 4.69) is 16.9 Å². The molecule has 0 amide bonds. The fourth-order valence-electron chi connectivity index (χ4n) is 1.92. The monoisotopic (exact) mass is 309 g/mol. The quantitative estimate of drug-likeness (QED) is 0.785. The first-order valence-corrected chi connectivity index (χ1v) is 7.31. The molecule has 0 saturated heterocycles. The van der Waals surface area contributed by atoms with Crippen LogP contribution in [-0.2, 0) is 5.88 Å². The van der Waals surface area contributed by atoms with E-state index in [-0.39, 0.29) is 6.04 Å². The second kappa shape index (κ2) is 6.42. The first-order chi connectivity index (χ1) is 9.52. The van der Waals surface area contributed by atoms with E-state index in [1.807, 2.05) is 43.1 Å². The highest BCUT2D eigenvalue weighted by atomic mass is 35.5. The molecule has 20 heavy (non-hydrogen) atoms. The van der Waals surface area contributed by atoms with Gasteiger partial charge in [0.15, 0.2) is 0 Å². The number of aryl methyl sites for hydroxylation is 1. The number of alkyl halides is 1. The van der Waals surface area contributed by atoms with E-state index in [4.69, 9.17) is 23.2 Å². The van der Waals surface area contributed by atoms with Crippen molar-refractivity contribution in [3.8, 4) is 0 Å². The lowest BCUT2D eigenvalue weighted by Gasteiger charge is -2.25. The van der Waals surface area contributed by atoms with Crippen LogP contribution >= 0.6 is 23.2 Å². The van der Waals surface area contributed by atoms with Gasteiger partial charge >= 0.3 is 0 Å². The van der Waals surface area contributed by atoms with E-state index >= 15 is 0 Å². The minimum atomic E-state index is 0.161. The van der Waals surface area contributed by atoms with Crippen molar-refractivity contribution in [3.05, 3.63) is 52.3 Å². The highest BCUT2D eigenvalue weighted by Crippen LogP contribution is 2.24. The Morgan fingerprint density at radius 1 is 1.25 bits per heavy atom. The van der Waals surface area contributed by atoms with Crippen LogP contribution in [0.1, 0.15) is 29.8 Å². The first-order valence-electron chi connectivity index (χ1n) is 6.39. The summed E-state index contributed by atoms with van der Waals surface area (Å²) in [6.07, 6.45) is 1.79. The summed E-state index contributed by atoms with van der Waals surface area (Å²) in [5, 5.41) is 0.738. The molecule has 5 heteroatoms. The Morgan fingerprint density at radius 3 is 2.45 bits per heavy atom. The Balaban J connectivity index is 2.24. The zero-order valence-corrected chi connectivity index (χ0v) is 13.3. The zero-order chi connectivity index (χ0) is 14.7. The number of anilines is 1. The first kappa shape index (κ1) is 15.1. The van der Waals surface area contributed by atoms with Crippen molar-refractivity contribution in [1.29, 1.82) is 0 Å². The van der Waals surface area contributed by atoms with Gasteiger partial charge in [0.2, 0.25) is 5.95 Å². The van der Waals surface area contributed by atoms with Crippen molar-refractivity contribution in [2.75, 3.05) is 11.9 Å². The van der Waals surface area contributed by atoms with Gasteiger partial charge in [-0.25, -0.2) is 9.97 Å². The predicted molar refractivity (Wildman–Crippen MR) is 84.6 cm³/mol. The van der Waals surface area contributed by atoms with Gasteiger partial charge in [-0.2, -0.15) is 0 Å². The molecule has 0 spiro atoms. The summed E-state index contributed by atoms with van der Waals surface area (Å²) < 4.78 is 0. The van der Waals surface area contributed by atoms with Crippen LogP contribution in [-0.4, -0.2) is 17.0 Å². The lowest BCUT2D eigenvalue weighted by Crippen LogP contribution is -2.24. The molecular formula is C15H17Cl2N3. The number of halogens is 2. The number of rotatable bonds is 4. The van der Waals surface area contributed by atoms with Crippen LogP contribution in [0.2, 0.25) is 5.02 Å². The van der Waals surface area contributed by atoms with Crippen LogP contribution in [0.25, 0.3) is 0 Å². The summed E-state index contributed by atoms with van der Waals surface area (Å²) in [6, 6.07) is 7.98. The minimum absolute atomic E-state index is 0.161. The third-order valence-corrected chi connectivity index (χ3v) is 4.00. The summed E-state index contributed by atoms with van der Waals surface area (Å²) in [4.78, 5) is 10.9. The zero-order valence-electron chi connectivity index (χ0n) is 11.8. The molecule has 1 heterocycles. The molecule has 0 aliphatic rings. The molecule has 1 aromatic heterocycles. The second-order valence-corrected chi connectivity index (χ2v) is 5.46. The molecule has 0 aliphatic carbocycles. The second-order valence-electron chi connectivity index (χ2n) is 4.75. The van der Waals surface area contributed by atoms with E-state index in [1.54, 1.807) is 6.20 Å². The van der Waals surface area contributed by atoms with Gasteiger partial charge in [-0.3, -0.25) is 0 Å². The van der Waals surface area contributed by atoms with E-state index < -0.39 is 0 Å². The highest BCUT2D eigenvalue weighted by Gasteiger charge is 2.15. The van der Waals surface area contributed by atoms with Crippen molar-refractivity contribution in [2.24, 2.45) is 0 Å². The van der Waals surface area contributed by atoms with Gasteiger partial charge in [0.1, 0.15) is 0 Å². The maximum atomic E-state index is 5.92. The smallest absolute Gasteiger partial charge is 0.225 e. The van der Waals surface area contributed by atoms with E-state index in [9.17, 15) is 0 Å². The molecular weight excluding hydrogens is 293 g/mol. The van der Waals surface area contributed by atoms with Crippen molar-refractivity contribution in [3.63, 3.8) is 0 Å². The molecule has 0 radical (unpaired) electrons. The van der Waals surface area contributed by atoms with E-state index in [1.165, 1.54) is 5.56 Å². The molecule has 2 aromatic rings. The number of hydrogen-bond acceptors (Lipinski definition) is 3. The molecule has 1 unspecified atom stereocenters. The fourth-order valence-corrected chi connectivity index (χ4v) is 2.31. The SMILES string of the molecule is Cc1nc(N(C)C(C)c2ccc(Cl)cc2)ncc1CCl. The Morgan fingerprint density at radius 2 is 1.90 bits per heavy atom. The minimum Gasteiger partial charge on any atom is -0.337 e. The van der Waals surface area contributed by atoms with Crippen molar-refractivity contribution < 1.29 is 0 Å². The predicted octanol–water partition coefficient (Wildman–Crippen LogP) is 4.37. The number of hydrogen-bond donors (Lipinski definition) is 0. The molecule has 0 N–H and O–H groups in total. The van der Waals surface area contributed by atoms with Crippen LogP contribution in [0, 0.1) is 6.92 Å². The van der Waals surface area contributed by atoms with Crippen molar-refractivity contribution in [2.45, 2.75) is 25.8 Å². The van der Waals surface area contributed by atoms with Gasteiger partial charge in [0.05, 0.1) is 11.9 Å². The Bertz CT molecular complexity index is 584. The van der Waals surface area contributed by atoms with Gasteiger partial charge in [-0.15, -0.1) is 11.6 Å². The summed E-state index contributed by atoms with van der Waals surface area (Å²) >= 11 is 11.7. The molecule has 106 valence electrons. The fraction of sp³-hybridized carbons (Fsp3) is 0.333. The van der Waals surface area contributed by atoms with E-state index in [0.29, 0.717) is 11.8 Å². The van der Waals surface area contributed by atoms with E-state index in [0.717, 1.165) is 16.3 Å². The van der Waals surface area contributed by atoms with Gasteiger partial charge < -0.3 is 4.90 Å². The molecule has 0 fully saturated rings.